The Morgan fingerprint density at radius 2 is 1.96 bits per heavy atom. The van der Waals surface area contributed by atoms with Crippen molar-refractivity contribution >= 4 is 17.7 Å². The fourth-order valence-corrected chi connectivity index (χ4v) is 1.70. The highest BCUT2D eigenvalue weighted by Gasteiger charge is 2.20. The summed E-state index contributed by atoms with van der Waals surface area (Å²) in [6, 6.07) is 7.30. The van der Waals surface area contributed by atoms with E-state index in [0.29, 0.717) is 11.5 Å². The summed E-state index contributed by atoms with van der Waals surface area (Å²) in [5.74, 6) is 0.725. The number of amides is 1. The van der Waals surface area contributed by atoms with Crippen LogP contribution in [0.2, 0.25) is 0 Å². The molecule has 0 aliphatic carbocycles. The predicted octanol–water partition coefficient (Wildman–Crippen LogP) is 3.45. The molecule has 1 aromatic heterocycles. The molecular formula is C16H25N5O2. The van der Waals surface area contributed by atoms with E-state index in [2.05, 4.69) is 15.2 Å². The van der Waals surface area contributed by atoms with E-state index in [9.17, 15) is 4.79 Å². The van der Waals surface area contributed by atoms with Gasteiger partial charge in [-0.2, -0.15) is 4.98 Å². The Balaban J connectivity index is 0.00000127. The Kier molecular flexibility index (Phi) is 6.12. The number of H-pyrrole nitrogens is 1. The number of aromatic nitrogens is 3. The number of nitrogens with one attached hydrogen (secondary N) is 1. The fourth-order valence-electron chi connectivity index (χ4n) is 1.70. The van der Waals surface area contributed by atoms with Gasteiger partial charge in [0.15, 0.2) is 5.82 Å². The third-order valence-electron chi connectivity index (χ3n) is 2.68. The van der Waals surface area contributed by atoms with Crippen LogP contribution in [0.4, 0.5) is 16.4 Å². The Labute approximate surface area is 136 Å². The van der Waals surface area contributed by atoms with E-state index in [0.717, 1.165) is 5.56 Å². The molecule has 0 fully saturated rings. The van der Waals surface area contributed by atoms with Crippen LogP contribution in [-0.4, -0.2) is 33.9 Å². The van der Waals surface area contributed by atoms with Crippen LogP contribution in [0.15, 0.2) is 24.3 Å². The number of hydrogen-bond acceptors (Lipinski definition) is 5. The quantitative estimate of drug-likeness (QED) is 0.883. The first kappa shape index (κ1) is 18.5. The van der Waals surface area contributed by atoms with E-state index in [1.54, 1.807) is 7.05 Å². The van der Waals surface area contributed by atoms with Gasteiger partial charge < -0.3 is 10.5 Å². The average Bonchev–Trinajstić information content (AvgIpc) is 2.93. The van der Waals surface area contributed by atoms with Crippen molar-refractivity contribution in [2.24, 2.45) is 0 Å². The van der Waals surface area contributed by atoms with Crippen molar-refractivity contribution in [3.8, 4) is 11.4 Å². The maximum absolute atomic E-state index is 12.1. The standard InChI is InChI=1S/C14H19N5O2.C2H6/c1-14(2,3)21-13(20)19(4)10-7-5-6-9(8-10)11-16-12(15)18-17-11;1-2/h5-8H,1-4H3,(H3,15,16,17,18);1-2H3. The van der Waals surface area contributed by atoms with Gasteiger partial charge in [-0.3, -0.25) is 10.00 Å². The van der Waals surface area contributed by atoms with Crippen molar-refractivity contribution in [2.75, 3.05) is 17.7 Å². The van der Waals surface area contributed by atoms with E-state index >= 15 is 0 Å². The zero-order valence-corrected chi connectivity index (χ0v) is 14.5. The third kappa shape index (κ3) is 5.28. The molecule has 7 heteroatoms. The minimum Gasteiger partial charge on any atom is -0.443 e. The monoisotopic (exact) mass is 319 g/mol. The van der Waals surface area contributed by atoms with Crippen molar-refractivity contribution in [3.63, 3.8) is 0 Å². The van der Waals surface area contributed by atoms with Crippen molar-refractivity contribution in [1.29, 1.82) is 0 Å². The lowest BCUT2D eigenvalue weighted by Gasteiger charge is -2.24. The number of hydrogen-bond donors (Lipinski definition) is 2. The number of nitrogens with zero attached hydrogens (tertiary/aromatic N) is 3. The molecular weight excluding hydrogens is 294 g/mol. The van der Waals surface area contributed by atoms with Crippen molar-refractivity contribution in [3.05, 3.63) is 24.3 Å². The summed E-state index contributed by atoms with van der Waals surface area (Å²) in [4.78, 5) is 17.6. The molecule has 0 bridgehead atoms. The first-order chi connectivity index (χ1) is 10.8. The van der Waals surface area contributed by atoms with Gasteiger partial charge in [0.1, 0.15) is 5.60 Å². The lowest BCUT2D eigenvalue weighted by Crippen LogP contribution is -2.34. The Morgan fingerprint density at radius 3 is 2.48 bits per heavy atom. The number of anilines is 2. The third-order valence-corrected chi connectivity index (χ3v) is 2.68. The molecule has 0 aliphatic heterocycles. The number of benzene rings is 1. The normalized spacial score (nSPS) is 10.5. The summed E-state index contributed by atoms with van der Waals surface area (Å²) in [6.07, 6.45) is -0.420. The van der Waals surface area contributed by atoms with Crippen molar-refractivity contribution in [1.82, 2.24) is 15.2 Å². The second kappa shape index (κ2) is 7.62. The van der Waals surface area contributed by atoms with Crippen LogP contribution in [0.5, 0.6) is 0 Å². The van der Waals surface area contributed by atoms with Crippen LogP contribution in [0.25, 0.3) is 11.4 Å². The lowest BCUT2D eigenvalue weighted by atomic mass is 10.2. The van der Waals surface area contributed by atoms with Gasteiger partial charge in [0.05, 0.1) is 0 Å². The summed E-state index contributed by atoms with van der Waals surface area (Å²) >= 11 is 0. The molecule has 2 rings (SSSR count). The molecule has 126 valence electrons. The van der Waals surface area contributed by atoms with E-state index in [4.69, 9.17) is 10.5 Å². The molecule has 2 aromatic rings. The second-order valence-corrected chi connectivity index (χ2v) is 5.63. The van der Waals surface area contributed by atoms with E-state index < -0.39 is 11.7 Å². The molecule has 23 heavy (non-hydrogen) atoms. The van der Waals surface area contributed by atoms with Gasteiger partial charge in [0, 0.05) is 18.3 Å². The Morgan fingerprint density at radius 1 is 1.30 bits per heavy atom. The highest BCUT2D eigenvalue weighted by molar-refractivity contribution is 5.88. The molecule has 0 atom stereocenters. The molecule has 0 radical (unpaired) electrons. The Bertz CT molecular complexity index is 646. The molecule has 0 spiro atoms. The number of carbonyl (C=O) groups excluding carboxylic acids is 1. The molecule has 0 saturated carbocycles. The molecule has 3 N–H and O–H groups in total. The summed E-state index contributed by atoms with van der Waals surface area (Å²) in [5, 5.41) is 6.52. The predicted molar refractivity (Wildman–Crippen MR) is 92.2 cm³/mol. The molecule has 0 unspecified atom stereocenters. The average molecular weight is 319 g/mol. The molecule has 0 aliphatic rings. The van der Waals surface area contributed by atoms with Crippen LogP contribution >= 0.6 is 0 Å². The van der Waals surface area contributed by atoms with Crippen molar-refractivity contribution in [2.45, 2.75) is 40.2 Å². The van der Waals surface area contributed by atoms with Gasteiger partial charge in [-0.1, -0.05) is 26.0 Å². The maximum atomic E-state index is 12.1. The van der Waals surface area contributed by atoms with Crippen LogP contribution in [0, 0.1) is 0 Å². The Hall–Kier alpha value is -2.57. The summed E-state index contributed by atoms with van der Waals surface area (Å²) < 4.78 is 5.33. The van der Waals surface area contributed by atoms with Gasteiger partial charge in [0.25, 0.3) is 0 Å². The number of rotatable bonds is 2. The summed E-state index contributed by atoms with van der Waals surface area (Å²) in [5.41, 5.74) is 6.43. The number of nitrogen functional groups attached to an aromatic ring is 1. The first-order valence-electron chi connectivity index (χ1n) is 7.51. The molecule has 1 aromatic carbocycles. The van der Waals surface area contributed by atoms with Gasteiger partial charge >= 0.3 is 6.09 Å². The molecule has 7 nitrogen and oxygen atoms in total. The molecule has 0 saturated heterocycles. The zero-order valence-electron chi connectivity index (χ0n) is 14.5. The first-order valence-corrected chi connectivity index (χ1v) is 7.51. The number of aromatic amines is 1. The van der Waals surface area contributed by atoms with Gasteiger partial charge in [-0.15, -0.1) is 5.10 Å². The zero-order chi connectivity index (χ0) is 17.6. The molecule has 1 heterocycles. The van der Waals surface area contributed by atoms with Crippen LogP contribution in [-0.2, 0) is 4.74 Å². The SMILES string of the molecule is CC.CN(C(=O)OC(C)(C)C)c1cccc(-c2nc(N)n[nH]2)c1. The number of nitrogens with two attached hydrogens (primary N) is 1. The topological polar surface area (TPSA) is 97.1 Å². The largest absolute Gasteiger partial charge is 0.443 e. The summed E-state index contributed by atoms with van der Waals surface area (Å²) in [7, 11) is 1.65. The fraction of sp³-hybridized carbons (Fsp3) is 0.438. The van der Waals surface area contributed by atoms with E-state index in [1.807, 2.05) is 58.9 Å². The minimum atomic E-state index is -0.539. The van der Waals surface area contributed by atoms with Gasteiger partial charge in [0.2, 0.25) is 5.95 Å². The van der Waals surface area contributed by atoms with Crippen LogP contribution < -0.4 is 10.6 Å². The second-order valence-electron chi connectivity index (χ2n) is 5.63. The van der Waals surface area contributed by atoms with E-state index in [1.165, 1.54) is 4.90 Å². The highest BCUT2D eigenvalue weighted by atomic mass is 16.6. The smallest absolute Gasteiger partial charge is 0.414 e. The highest BCUT2D eigenvalue weighted by Crippen LogP contribution is 2.23. The minimum absolute atomic E-state index is 0.177. The summed E-state index contributed by atoms with van der Waals surface area (Å²) in [6.45, 7) is 9.48. The van der Waals surface area contributed by atoms with Crippen LogP contribution in [0.1, 0.15) is 34.6 Å². The van der Waals surface area contributed by atoms with Crippen LogP contribution in [0.3, 0.4) is 0 Å². The van der Waals surface area contributed by atoms with Gasteiger partial charge in [-0.25, -0.2) is 4.79 Å². The van der Waals surface area contributed by atoms with Crippen molar-refractivity contribution < 1.29 is 9.53 Å². The van der Waals surface area contributed by atoms with E-state index in [-0.39, 0.29) is 5.95 Å². The maximum Gasteiger partial charge on any atom is 0.414 e. The number of carbonyl (C=O) groups is 1. The lowest BCUT2D eigenvalue weighted by molar-refractivity contribution is 0.0589. The van der Waals surface area contributed by atoms with Gasteiger partial charge in [-0.05, 0) is 32.9 Å². The molecule has 1 amide bonds. The number of ether oxygens (including phenoxy) is 1.